The van der Waals surface area contributed by atoms with Crippen molar-refractivity contribution in [1.82, 2.24) is 0 Å². The maximum Gasteiger partial charge on any atom is 0.116 e. The van der Waals surface area contributed by atoms with Gasteiger partial charge in [-0.05, 0) is 29.5 Å². The van der Waals surface area contributed by atoms with Crippen molar-refractivity contribution in [3.63, 3.8) is 0 Å². The zero-order valence-corrected chi connectivity index (χ0v) is 21.4. The van der Waals surface area contributed by atoms with Gasteiger partial charge >= 0.3 is 0 Å². The summed E-state index contributed by atoms with van der Waals surface area (Å²) < 4.78 is 25.8. The Bertz CT molecular complexity index is 1050. The third-order valence-electron chi connectivity index (χ3n) is 7.52. The van der Waals surface area contributed by atoms with Gasteiger partial charge in [-0.25, -0.2) is 0 Å². The molecule has 3 aromatic rings. The van der Waals surface area contributed by atoms with Crippen molar-refractivity contribution in [3.8, 4) is 0 Å². The Morgan fingerprint density at radius 1 is 0.649 bits per heavy atom. The monoisotopic (exact) mass is 502 g/mol. The second-order valence-electron chi connectivity index (χ2n) is 10.3. The lowest BCUT2D eigenvalue weighted by atomic mass is 9.78. The molecule has 0 amide bonds. The molecule has 196 valence electrons. The van der Waals surface area contributed by atoms with Crippen LogP contribution in [-0.2, 0) is 38.8 Å². The summed E-state index contributed by atoms with van der Waals surface area (Å²) in [6, 6.07) is 30.4. The van der Waals surface area contributed by atoms with E-state index in [-0.39, 0.29) is 12.2 Å². The van der Waals surface area contributed by atoms with Gasteiger partial charge < -0.3 is 24.1 Å². The normalized spacial score (nSPS) is 25.2. The van der Waals surface area contributed by atoms with Crippen LogP contribution < -0.4 is 0 Å². The molecule has 0 radical (unpaired) electrons. The van der Waals surface area contributed by atoms with Crippen molar-refractivity contribution in [2.24, 2.45) is 0 Å². The first-order chi connectivity index (χ1) is 18.2. The van der Waals surface area contributed by atoms with E-state index in [4.69, 9.17) is 18.9 Å². The predicted octanol–water partition coefficient (Wildman–Crippen LogP) is 5.84. The molecule has 0 unspecified atom stereocenters. The molecular weight excluding hydrogens is 464 g/mol. The summed E-state index contributed by atoms with van der Waals surface area (Å²) in [5, 5.41) is 11.8. The summed E-state index contributed by atoms with van der Waals surface area (Å²) >= 11 is 0. The van der Waals surface area contributed by atoms with Crippen molar-refractivity contribution in [2.45, 2.75) is 81.9 Å². The maximum atomic E-state index is 11.8. The molecule has 37 heavy (non-hydrogen) atoms. The number of benzene rings is 3. The highest BCUT2D eigenvalue weighted by Crippen LogP contribution is 2.41. The first kappa shape index (κ1) is 26.1. The Kier molecular flexibility index (Phi) is 9.03. The Labute approximate surface area is 220 Å². The smallest absolute Gasteiger partial charge is 0.116 e. The Morgan fingerprint density at radius 2 is 1.14 bits per heavy atom. The number of hydrogen-bond donors (Lipinski definition) is 1. The lowest BCUT2D eigenvalue weighted by Gasteiger charge is -2.39. The van der Waals surface area contributed by atoms with Crippen molar-refractivity contribution < 1.29 is 24.1 Å². The average Bonchev–Trinajstić information content (AvgIpc) is 3.31. The summed E-state index contributed by atoms with van der Waals surface area (Å²) in [5.41, 5.74) is 2.36. The molecule has 5 rings (SSSR count). The van der Waals surface area contributed by atoms with Crippen LogP contribution in [0.3, 0.4) is 0 Å². The van der Waals surface area contributed by atoms with Gasteiger partial charge in [0.05, 0.1) is 32.0 Å². The van der Waals surface area contributed by atoms with Crippen LogP contribution >= 0.6 is 0 Å². The number of rotatable bonds is 11. The van der Waals surface area contributed by atoms with Crippen molar-refractivity contribution in [3.05, 3.63) is 108 Å². The SMILES string of the molecule is OC1([C@H]2O[C@H](COCc3ccccc3)[C@@H](OCc3ccccc3)[C@@H]2OCc2ccccc2)CCCCC1. The molecule has 0 spiro atoms. The molecule has 1 saturated carbocycles. The highest BCUT2D eigenvalue weighted by molar-refractivity contribution is 5.16. The molecule has 2 fully saturated rings. The average molecular weight is 503 g/mol. The van der Waals surface area contributed by atoms with Crippen LogP contribution in [0.4, 0.5) is 0 Å². The standard InChI is InChI=1S/C32H38O5/c33-32(19-11-4-12-20-32)31-30(36-23-27-17-9-3-10-18-27)29(35-22-26-15-7-2-8-16-26)28(37-31)24-34-21-25-13-5-1-6-14-25/h1-3,5-10,13-18,28-31,33H,4,11-12,19-24H2/t28-,29-,30+,31+/m1/s1. The van der Waals surface area contributed by atoms with Crippen LogP contribution in [0.25, 0.3) is 0 Å². The molecule has 1 heterocycles. The zero-order chi connectivity index (χ0) is 25.3. The summed E-state index contributed by atoms with van der Waals surface area (Å²) in [5.74, 6) is 0. The maximum absolute atomic E-state index is 11.8. The highest BCUT2D eigenvalue weighted by atomic mass is 16.6. The molecule has 1 aliphatic carbocycles. The van der Waals surface area contributed by atoms with Gasteiger partial charge in [0.1, 0.15) is 24.4 Å². The molecule has 1 saturated heterocycles. The lowest BCUT2D eigenvalue weighted by Crippen LogP contribution is -2.51. The van der Waals surface area contributed by atoms with Crippen LogP contribution in [0.15, 0.2) is 91.0 Å². The van der Waals surface area contributed by atoms with Crippen LogP contribution in [0.5, 0.6) is 0 Å². The minimum Gasteiger partial charge on any atom is -0.387 e. The molecule has 3 aromatic carbocycles. The van der Waals surface area contributed by atoms with Gasteiger partial charge in [-0.1, -0.05) is 110 Å². The molecule has 4 atom stereocenters. The van der Waals surface area contributed by atoms with Crippen LogP contribution in [0.1, 0.15) is 48.8 Å². The predicted molar refractivity (Wildman–Crippen MR) is 143 cm³/mol. The second-order valence-corrected chi connectivity index (χ2v) is 10.3. The third kappa shape index (κ3) is 6.86. The van der Waals surface area contributed by atoms with Crippen LogP contribution in [0, 0.1) is 0 Å². The van der Waals surface area contributed by atoms with E-state index in [9.17, 15) is 5.11 Å². The van der Waals surface area contributed by atoms with Gasteiger partial charge in [0, 0.05) is 0 Å². The molecule has 1 aliphatic heterocycles. The highest BCUT2D eigenvalue weighted by Gasteiger charge is 2.55. The van der Waals surface area contributed by atoms with Crippen molar-refractivity contribution in [2.75, 3.05) is 6.61 Å². The first-order valence-electron chi connectivity index (χ1n) is 13.5. The van der Waals surface area contributed by atoms with E-state index in [1.807, 2.05) is 54.6 Å². The van der Waals surface area contributed by atoms with E-state index in [2.05, 4.69) is 36.4 Å². The minimum atomic E-state index is -0.928. The van der Waals surface area contributed by atoms with E-state index in [0.717, 1.165) is 36.0 Å². The van der Waals surface area contributed by atoms with E-state index in [1.165, 1.54) is 0 Å². The van der Waals surface area contributed by atoms with Gasteiger partial charge in [0.15, 0.2) is 0 Å². The van der Waals surface area contributed by atoms with Crippen molar-refractivity contribution >= 4 is 0 Å². The molecular formula is C32H38O5. The Hall–Kier alpha value is -2.54. The number of aliphatic hydroxyl groups is 1. The Morgan fingerprint density at radius 3 is 1.68 bits per heavy atom. The van der Waals surface area contributed by atoms with Crippen LogP contribution in [-0.4, -0.2) is 41.7 Å². The first-order valence-corrected chi connectivity index (χ1v) is 13.5. The molecule has 0 aromatic heterocycles. The summed E-state index contributed by atoms with van der Waals surface area (Å²) in [6.45, 7) is 1.74. The quantitative estimate of drug-likeness (QED) is 0.357. The fourth-order valence-electron chi connectivity index (χ4n) is 5.53. The van der Waals surface area contributed by atoms with Gasteiger partial charge in [0.2, 0.25) is 0 Å². The largest absolute Gasteiger partial charge is 0.387 e. The molecule has 5 heteroatoms. The summed E-state index contributed by atoms with van der Waals surface area (Å²) in [7, 11) is 0. The lowest BCUT2D eigenvalue weighted by molar-refractivity contribution is -0.161. The number of ether oxygens (including phenoxy) is 4. The van der Waals surface area contributed by atoms with E-state index in [1.54, 1.807) is 0 Å². The van der Waals surface area contributed by atoms with E-state index in [0.29, 0.717) is 39.3 Å². The summed E-state index contributed by atoms with van der Waals surface area (Å²) in [4.78, 5) is 0. The summed E-state index contributed by atoms with van der Waals surface area (Å²) in [6.07, 6.45) is 2.97. The molecule has 5 nitrogen and oxygen atoms in total. The molecule has 2 aliphatic rings. The molecule has 0 bridgehead atoms. The molecule has 1 N–H and O–H groups in total. The van der Waals surface area contributed by atoms with Gasteiger partial charge in [-0.3, -0.25) is 0 Å². The van der Waals surface area contributed by atoms with E-state index >= 15 is 0 Å². The second kappa shape index (κ2) is 12.8. The zero-order valence-electron chi connectivity index (χ0n) is 21.4. The fourth-order valence-corrected chi connectivity index (χ4v) is 5.53. The fraction of sp³-hybridized carbons (Fsp3) is 0.438. The van der Waals surface area contributed by atoms with Crippen molar-refractivity contribution in [1.29, 1.82) is 0 Å². The topological polar surface area (TPSA) is 57.2 Å². The minimum absolute atomic E-state index is 0.343. The Balaban J connectivity index is 1.35. The van der Waals surface area contributed by atoms with Gasteiger partial charge in [-0.2, -0.15) is 0 Å². The third-order valence-corrected chi connectivity index (χ3v) is 7.52. The van der Waals surface area contributed by atoms with E-state index < -0.39 is 17.8 Å². The van der Waals surface area contributed by atoms with Crippen LogP contribution in [0.2, 0.25) is 0 Å². The number of hydrogen-bond acceptors (Lipinski definition) is 5. The van der Waals surface area contributed by atoms with Gasteiger partial charge in [0.25, 0.3) is 0 Å². The van der Waals surface area contributed by atoms with Gasteiger partial charge in [-0.15, -0.1) is 0 Å².